The van der Waals surface area contributed by atoms with Crippen molar-refractivity contribution >= 4 is 43.1 Å². The smallest absolute Gasteiger partial charge is 0.300 e. The molecule has 0 fully saturated rings. The monoisotopic (exact) mass is 491 g/mol. The minimum atomic E-state index is -4.85. The minimum Gasteiger partial charge on any atom is -0.300 e. The number of fused-ring (bicyclic) bond motifs is 6. The SMILES string of the molecule is N#CN=c1c2cc(C(F)(F)F)c(C#N)cc2c2cc3c(cc12)c(=N)c1c(C#N)c(C(F)(F)F)ccc13. The number of halogens is 6. The molecule has 5 nitrogen and oxygen atoms in total. The van der Waals surface area contributed by atoms with Gasteiger partial charge in [-0.2, -0.15) is 47.1 Å². The summed E-state index contributed by atoms with van der Waals surface area (Å²) in [7, 11) is 0. The van der Waals surface area contributed by atoms with Gasteiger partial charge in [0.2, 0.25) is 6.19 Å². The van der Waals surface area contributed by atoms with Crippen LogP contribution in [0.3, 0.4) is 0 Å². The fourth-order valence-electron chi connectivity index (χ4n) is 4.68. The van der Waals surface area contributed by atoms with Gasteiger partial charge in [0.15, 0.2) is 0 Å². The maximum absolute atomic E-state index is 13.6. The van der Waals surface area contributed by atoms with E-state index in [1.165, 1.54) is 30.5 Å². The molecule has 0 amide bonds. The molecule has 0 aromatic heterocycles. The van der Waals surface area contributed by atoms with Crippen molar-refractivity contribution in [1.82, 2.24) is 0 Å². The number of benzene rings is 3. The largest absolute Gasteiger partial charge is 0.417 e. The van der Waals surface area contributed by atoms with Crippen LogP contribution in [0.25, 0.3) is 43.1 Å². The Morgan fingerprint density at radius 2 is 1.25 bits per heavy atom. The van der Waals surface area contributed by atoms with Crippen molar-refractivity contribution in [2.24, 2.45) is 4.99 Å². The van der Waals surface area contributed by atoms with E-state index in [1.54, 1.807) is 0 Å². The number of nitriles is 3. The zero-order chi connectivity index (χ0) is 26.2. The fourth-order valence-corrected chi connectivity index (χ4v) is 4.68. The molecule has 0 saturated heterocycles. The molecule has 36 heavy (non-hydrogen) atoms. The van der Waals surface area contributed by atoms with E-state index in [0.717, 1.165) is 24.3 Å². The highest BCUT2D eigenvalue weighted by atomic mass is 19.4. The lowest BCUT2D eigenvalue weighted by Gasteiger charge is -2.09. The molecule has 0 aliphatic carbocycles. The lowest BCUT2D eigenvalue weighted by atomic mass is 10.0. The number of nitrogens with one attached hydrogen (secondary N) is 1. The van der Waals surface area contributed by atoms with Gasteiger partial charge in [-0.3, -0.25) is 5.41 Å². The molecule has 0 aliphatic heterocycles. The van der Waals surface area contributed by atoms with Crippen LogP contribution in [-0.2, 0) is 12.4 Å². The Morgan fingerprint density at radius 1 is 0.667 bits per heavy atom. The van der Waals surface area contributed by atoms with E-state index in [-0.39, 0.29) is 43.0 Å². The van der Waals surface area contributed by atoms with Crippen molar-refractivity contribution in [3.8, 4) is 18.3 Å². The van der Waals surface area contributed by atoms with Gasteiger partial charge in [-0.25, -0.2) is 0 Å². The van der Waals surface area contributed by atoms with Crippen LogP contribution >= 0.6 is 0 Å². The first-order valence-corrected chi connectivity index (χ1v) is 9.97. The summed E-state index contributed by atoms with van der Waals surface area (Å²) in [6.07, 6.45) is -8.14. The summed E-state index contributed by atoms with van der Waals surface area (Å²) in [4.78, 5) is 3.67. The van der Waals surface area contributed by atoms with E-state index in [1.807, 2.05) is 0 Å². The second kappa shape index (κ2) is 7.27. The van der Waals surface area contributed by atoms with Gasteiger partial charge in [0, 0.05) is 21.5 Å². The molecule has 0 spiro atoms. The summed E-state index contributed by atoms with van der Waals surface area (Å²) >= 11 is 0. The van der Waals surface area contributed by atoms with Crippen molar-refractivity contribution in [3.63, 3.8) is 0 Å². The third kappa shape index (κ3) is 3.02. The molecule has 0 bridgehead atoms. The topological polar surface area (TPSA) is 108 Å². The van der Waals surface area contributed by atoms with Gasteiger partial charge in [0.25, 0.3) is 0 Å². The lowest BCUT2D eigenvalue weighted by molar-refractivity contribution is -0.138. The van der Waals surface area contributed by atoms with Crippen LogP contribution in [0.5, 0.6) is 0 Å². The third-order valence-corrected chi connectivity index (χ3v) is 6.14. The molecule has 0 heterocycles. The van der Waals surface area contributed by atoms with Crippen LogP contribution in [0.1, 0.15) is 22.3 Å². The molecule has 0 radical (unpaired) electrons. The highest BCUT2D eigenvalue weighted by molar-refractivity contribution is 6.22. The summed E-state index contributed by atoms with van der Waals surface area (Å²) in [6.45, 7) is 0. The number of alkyl halides is 6. The van der Waals surface area contributed by atoms with E-state index < -0.39 is 34.6 Å². The summed E-state index contributed by atoms with van der Waals surface area (Å²) < 4.78 is 81.1. The Morgan fingerprint density at radius 3 is 1.83 bits per heavy atom. The minimum absolute atomic E-state index is 0.0431. The molecule has 174 valence electrons. The second-order valence-electron chi connectivity index (χ2n) is 7.95. The number of hydrogen-bond acceptors (Lipinski definition) is 5. The Bertz CT molecular complexity index is 2020. The van der Waals surface area contributed by atoms with E-state index in [0.29, 0.717) is 10.8 Å². The van der Waals surface area contributed by atoms with Crippen LogP contribution < -0.4 is 10.7 Å². The highest BCUT2D eigenvalue weighted by Crippen LogP contribution is 2.40. The van der Waals surface area contributed by atoms with E-state index in [4.69, 9.17) is 5.41 Å². The highest BCUT2D eigenvalue weighted by Gasteiger charge is 2.36. The van der Waals surface area contributed by atoms with E-state index in [2.05, 4.69) is 4.99 Å². The second-order valence-corrected chi connectivity index (χ2v) is 7.95. The first-order valence-electron chi connectivity index (χ1n) is 9.97. The van der Waals surface area contributed by atoms with Crippen LogP contribution in [-0.4, -0.2) is 0 Å². The van der Waals surface area contributed by atoms with Gasteiger partial charge in [0.05, 0.1) is 39.0 Å². The number of hydrogen-bond donors (Lipinski definition) is 1. The summed E-state index contributed by atoms with van der Waals surface area (Å²) in [5.74, 6) is 0. The van der Waals surface area contributed by atoms with Crippen LogP contribution in [0, 0.1) is 39.5 Å². The first kappa shape index (κ1) is 22.8. The zero-order valence-electron chi connectivity index (χ0n) is 17.5. The molecule has 5 aromatic rings. The van der Waals surface area contributed by atoms with Gasteiger partial charge >= 0.3 is 12.4 Å². The van der Waals surface area contributed by atoms with Crippen molar-refractivity contribution in [3.05, 3.63) is 69.4 Å². The Kier molecular flexibility index (Phi) is 4.61. The summed E-state index contributed by atoms with van der Waals surface area (Å²) in [5.41, 5.74) is -3.76. The molecular formula is C25H7F6N5. The molecular weight excluding hydrogens is 484 g/mol. The van der Waals surface area contributed by atoms with Crippen LogP contribution in [0.4, 0.5) is 26.3 Å². The summed E-state index contributed by atoms with van der Waals surface area (Å²) in [6, 6.07) is 9.52. The molecule has 0 atom stereocenters. The standard InChI is InChI=1S/C25H7F6N5/c26-24(27,28)19-2-1-11-13-4-14-12-3-10(7-32)20(25(29,30)31)6-17(12)23(36-9-34)16(14)5-15(13)22(35)21(11)18(19)8-33/h1-6,35H. The average Bonchev–Trinajstić information content (AvgIpc) is 3.27. The Labute approximate surface area is 196 Å². The molecule has 5 aromatic carbocycles. The van der Waals surface area contributed by atoms with Crippen LogP contribution in [0.2, 0.25) is 0 Å². The van der Waals surface area contributed by atoms with Gasteiger partial charge in [0.1, 0.15) is 6.07 Å². The molecule has 1 N–H and O–H groups in total. The number of rotatable bonds is 0. The molecule has 0 unspecified atom stereocenters. The fraction of sp³-hybridized carbons (Fsp3) is 0.0800. The van der Waals surface area contributed by atoms with Gasteiger partial charge in [-0.15, -0.1) is 0 Å². The van der Waals surface area contributed by atoms with Crippen molar-refractivity contribution < 1.29 is 26.3 Å². The van der Waals surface area contributed by atoms with Crippen molar-refractivity contribution in [2.75, 3.05) is 0 Å². The molecule has 11 heteroatoms. The maximum Gasteiger partial charge on any atom is 0.417 e. The average molecular weight is 491 g/mol. The first-order chi connectivity index (χ1) is 16.9. The molecule has 0 saturated carbocycles. The quantitative estimate of drug-likeness (QED) is 0.218. The Balaban J connectivity index is 2.03. The zero-order valence-corrected chi connectivity index (χ0v) is 17.5. The Hall–Kier alpha value is -4.95. The predicted molar refractivity (Wildman–Crippen MR) is 115 cm³/mol. The van der Waals surface area contributed by atoms with Gasteiger partial charge < -0.3 is 0 Å². The lowest BCUT2D eigenvalue weighted by Crippen LogP contribution is -2.10. The van der Waals surface area contributed by atoms with Crippen molar-refractivity contribution in [2.45, 2.75) is 12.4 Å². The normalized spacial score (nSPS) is 12.9. The molecule has 5 rings (SSSR count). The van der Waals surface area contributed by atoms with E-state index in [9.17, 15) is 42.1 Å². The van der Waals surface area contributed by atoms with Gasteiger partial charge in [-0.1, -0.05) is 6.07 Å². The van der Waals surface area contributed by atoms with E-state index >= 15 is 0 Å². The van der Waals surface area contributed by atoms with Gasteiger partial charge in [-0.05, 0) is 51.9 Å². The predicted octanol–water partition coefficient (Wildman–Crippen LogP) is 5.82. The third-order valence-electron chi connectivity index (χ3n) is 6.14. The maximum atomic E-state index is 13.6. The van der Waals surface area contributed by atoms with Crippen molar-refractivity contribution in [1.29, 1.82) is 21.2 Å². The summed E-state index contributed by atoms with van der Waals surface area (Å²) in [5, 5.41) is 37.0. The molecule has 0 aliphatic rings. The number of nitrogens with zero attached hydrogens (tertiary/aromatic N) is 4. The van der Waals surface area contributed by atoms with Crippen LogP contribution in [0.15, 0.2) is 41.4 Å².